The number of amides is 1. The van der Waals surface area contributed by atoms with Gasteiger partial charge in [0.1, 0.15) is 17.1 Å². The van der Waals surface area contributed by atoms with Crippen molar-refractivity contribution in [2.75, 3.05) is 0 Å². The highest BCUT2D eigenvalue weighted by atomic mass is 16.5. The zero-order valence-electron chi connectivity index (χ0n) is 13.7. The Morgan fingerprint density at radius 1 is 1.24 bits per heavy atom. The fourth-order valence-corrected chi connectivity index (χ4v) is 2.72. The Balaban J connectivity index is 1.64. The van der Waals surface area contributed by atoms with Crippen molar-refractivity contribution < 1.29 is 14.1 Å². The van der Waals surface area contributed by atoms with Crippen LogP contribution in [-0.2, 0) is 0 Å². The van der Waals surface area contributed by atoms with Crippen molar-refractivity contribution in [3.05, 3.63) is 65.2 Å². The quantitative estimate of drug-likeness (QED) is 0.701. The number of hydrogen-bond acceptors (Lipinski definition) is 4. The number of carbonyl (C=O) groups excluding carboxylic acids is 2. The highest BCUT2D eigenvalue weighted by Crippen LogP contribution is 2.27. The van der Waals surface area contributed by atoms with E-state index in [-0.39, 0.29) is 17.7 Å². The predicted octanol–water partition coefficient (Wildman–Crippen LogP) is 3.10. The molecular formula is C19H17N3O3. The van der Waals surface area contributed by atoms with Gasteiger partial charge < -0.3 is 14.8 Å². The van der Waals surface area contributed by atoms with Gasteiger partial charge in [-0.05, 0) is 25.8 Å². The molecule has 1 saturated carbocycles. The van der Waals surface area contributed by atoms with Crippen LogP contribution < -0.4 is 5.32 Å². The number of carbonyl (C=O) groups is 2. The van der Waals surface area contributed by atoms with Gasteiger partial charge in [-0.15, -0.1) is 0 Å². The Labute approximate surface area is 144 Å². The molecule has 1 amide bonds. The van der Waals surface area contributed by atoms with Crippen LogP contribution >= 0.6 is 0 Å². The Morgan fingerprint density at radius 3 is 2.72 bits per heavy atom. The van der Waals surface area contributed by atoms with Crippen molar-refractivity contribution in [1.29, 1.82) is 0 Å². The van der Waals surface area contributed by atoms with E-state index < -0.39 is 0 Å². The van der Waals surface area contributed by atoms with Gasteiger partial charge in [0, 0.05) is 23.4 Å². The van der Waals surface area contributed by atoms with Crippen LogP contribution in [0.2, 0.25) is 0 Å². The van der Waals surface area contributed by atoms with Crippen LogP contribution in [-0.4, -0.2) is 27.9 Å². The number of ketones is 1. The van der Waals surface area contributed by atoms with Gasteiger partial charge in [0.05, 0.1) is 5.56 Å². The first-order chi connectivity index (χ1) is 12.1. The standard InChI is InChI=1S/C19H17N3O3/c1-11-16(17(22-25-11)12-5-3-2-4-6-12)18(23)13-9-15(20-10-13)19(24)21-14-7-8-14/h2-6,9-10,14,20H,7-8H2,1H3,(H,21,24). The molecule has 126 valence electrons. The fourth-order valence-electron chi connectivity index (χ4n) is 2.72. The molecule has 0 saturated heterocycles. The topological polar surface area (TPSA) is 88.0 Å². The Kier molecular flexibility index (Phi) is 3.72. The lowest BCUT2D eigenvalue weighted by atomic mass is 9.99. The minimum Gasteiger partial charge on any atom is -0.360 e. The maximum Gasteiger partial charge on any atom is 0.267 e. The molecule has 0 spiro atoms. The lowest BCUT2D eigenvalue weighted by Gasteiger charge is -2.01. The van der Waals surface area contributed by atoms with Crippen LogP contribution in [0.1, 0.15) is 45.0 Å². The highest BCUT2D eigenvalue weighted by molar-refractivity contribution is 6.13. The van der Waals surface area contributed by atoms with Gasteiger partial charge in [-0.25, -0.2) is 0 Å². The minimum absolute atomic E-state index is 0.188. The lowest BCUT2D eigenvalue weighted by Crippen LogP contribution is -2.25. The average Bonchev–Trinajstić information content (AvgIpc) is 3.15. The number of aromatic nitrogens is 2. The third-order valence-electron chi connectivity index (χ3n) is 4.24. The zero-order valence-corrected chi connectivity index (χ0v) is 13.7. The summed E-state index contributed by atoms with van der Waals surface area (Å²) in [5.41, 5.74) is 2.52. The normalized spacial score (nSPS) is 13.6. The van der Waals surface area contributed by atoms with Gasteiger partial charge in [0.15, 0.2) is 5.78 Å². The molecule has 25 heavy (non-hydrogen) atoms. The third-order valence-corrected chi connectivity index (χ3v) is 4.24. The second kappa shape index (κ2) is 6.05. The first-order valence-electron chi connectivity index (χ1n) is 8.19. The fraction of sp³-hybridized carbons (Fsp3) is 0.211. The number of nitrogens with one attached hydrogen (secondary N) is 2. The molecule has 2 aromatic heterocycles. The average molecular weight is 335 g/mol. The second-order valence-corrected chi connectivity index (χ2v) is 6.21. The number of H-pyrrole nitrogens is 1. The van der Waals surface area contributed by atoms with Crippen molar-refractivity contribution in [3.63, 3.8) is 0 Å². The molecular weight excluding hydrogens is 318 g/mol. The number of benzene rings is 1. The molecule has 1 fully saturated rings. The van der Waals surface area contributed by atoms with Gasteiger partial charge in [-0.3, -0.25) is 9.59 Å². The predicted molar refractivity (Wildman–Crippen MR) is 91.4 cm³/mol. The Morgan fingerprint density at radius 2 is 2.00 bits per heavy atom. The molecule has 4 rings (SSSR count). The molecule has 2 N–H and O–H groups in total. The van der Waals surface area contributed by atoms with Crippen LogP contribution in [0.15, 0.2) is 47.1 Å². The van der Waals surface area contributed by atoms with E-state index in [0.29, 0.717) is 28.3 Å². The minimum atomic E-state index is -0.223. The Bertz CT molecular complexity index is 936. The molecule has 0 aliphatic heterocycles. The largest absolute Gasteiger partial charge is 0.360 e. The molecule has 6 nitrogen and oxygen atoms in total. The molecule has 1 aliphatic carbocycles. The van der Waals surface area contributed by atoms with Gasteiger partial charge in [0.2, 0.25) is 0 Å². The number of aryl methyl sites for hydroxylation is 1. The lowest BCUT2D eigenvalue weighted by molar-refractivity contribution is 0.0946. The molecule has 0 atom stereocenters. The summed E-state index contributed by atoms with van der Waals surface area (Å²) in [6.45, 7) is 1.71. The van der Waals surface area contributed by atoms with E-state index >= 15 is 0 Å². The summed E-state index contributed by atoms with van der Waals surface area (Å²) in [6, 6.07) is 11.2. The molecule has 1 aromatic carbocycles. The van der Waals surface area contributed by atoms with Crippen molar-refractivity contribution in [1.82, 2.24) is 15.5 Å². The molecule has 0 bridgehead atoms. The summed E-state index contributed by atoms with van der Waals surface area (Å²) < 4.78 is 5.25. The van der Waals surface area contributed by atoms with Crippen molar-refractivity contribution >= 4 is 11.7 Å². The molecule has 0 radical (unpaired) electrons. The van der Waals surface area contributed by atoms with Gasteiger partial charge in [-0.2, -0.15) is 0 Å². The summed E-state index contributed by atoms with van der Waals surface area (Å²) in [7, 11) is 0. The molecule has 6 heteroatoms. The number of rotatable bonds is 5. The van der Waals surface area contributed by atoms with Crippen LogP contribution in [0.4, 0.5) is 0 Å². The summed E-state index contributed by atoms with van der Waals surface area (Å²) in [5, 5.41) is 6.93. The maximum absolute atomic E-state index is 12.9. The summed E-state index contributed by atoms with van der Waals surface area (Å²) >= 11 is 0. The van der Waals surface area contributed by atoms with Crippen molar-refractivity contribution in [2.24, 2.45) is 0 Å². The van der Waals surface area contributed by atoms with Crippen LogP contribution in [0.3, 0.4) is 0 Å². The summed E-state index contributed by atoms with van der Waals surface area (Å²) in [6.07, 6.45) is 3.57. The number of nitrogens with zero attached hydrogens (tertiary/aromatic N) is 1. The number of aromatic amines is 1. The van der Waals surface area contributed by atoms with E-state index in [1.165, 1.54) is 0 Å². The van der Waals surface area contributed by atoms with Crippen LogP contribution in [0.5, 0.6) is 0 Å². The smallest absolute Gasteiger partial charge is 0.267 e. The molecule has 2 heterocycles. The van der Waals surface area contributed by atoms with E-state index in [1.54, 1.807) is 19.2 Å². The van der Waals surface area contributed by atoms with E-state index in [1.807, 2.05) is 30.3 Å². The second-order valence-electron chi connectivity index (χ2n) is 6.21. The molecule has 3 aromatic rings. The number of hydrogen-bond donors (Lipinski definition) is 2. The van der Waals surface area contributed by atoms with Gasteiger partial charge in [0.25, 0.3) is 5.91 Å². The third kappa shape index (κ3) is 2.98. The van der Waals surface area contributed by atoms with E-state index in [0.717, 1.165) is 18.4 Å². The first-order valence-corrected chi connectivity index (χ1v) is 8.19. The summed E-state index contributed by atoms with van der Waals surface area (Å²) in [5.74, 6) is 0.0419. The first kappa shape index (κ1) is 15.4. The molecule has 1 aliphatic rings. The SMILES string of the molecule is Cc1onc(-c2ccccc2)c1C(=O)c1c[nH]c(C(=O)NC2CC2)c1. The van der Waals surface area contributed by atoms with E-state index in [4.69, 9.17) is 4.52 Å². The van der Waals surface area contributed by atoms with Gasteiger partial charge in [-0.1, -0.05) is 35.5 Å². The van der Waals surface area contributed by atoms with Crippen molar-refractivity contribution in [3.8, 4) is 11.3 Å². The van der Waals surface area contributed by atoms with Crippen LogP contribution in [0, 0.1) is 6.92 Å². The van der Waals surface area contributed by atoms with E-state index in [9.17, 15) is 9.59 Å². The van der Waals surface area contributed by atoms with Crippen molar-refractivity contribution in [2.45, 2.75) is 25.8 Å². The maximum atomic E-state index is 12.9. The monoisotopic (exact) mass is 335 g/mol. The van der Waals surface area contributed by atoms with Gasteiger partial charge >= 0.3 is 0 Å². The Hall–Kier alpha value is -3.15. The van der Waals surface area contributed by atoms with E-state index in [2.05, 4.69) is 15.5 Å². The van der Waals surface area contributed by atoms with Crippen LogP contribution in [0.25, 0.3) is 11.3 Å². The summed E-state index contributed by atoms with van der Waals surface area (Å²) in [4.78, 5) is 27.9. The zero-order chi connectivity index (χ0) is 17.4. The highest BCUT2D eigenvalue weighted by Gasteiger charge is 2.26. The molecule has 0 unspecified atom stereocenters.